The second-order valence-electron chi connectivity index (χ2n) is 10.8. The third-order valence-corrected chi connectivity index (χ3v) is 8.63. The number of hydrogen-bond donors (Lipinski definition) is 2. The standard InChI is InChI=1S/C26H33N5O4S/c1-25(2)15-26(23(33)35-25)9-5-11-31(16-26)17-7-12-30(13-8-17)22(32)18-14-20(19-6-3-4-10-28-19)36-21(18)29-24(27)34/h3-4,6,10,14,17H,5,7-9,11-13,15-16H2,1-2H3,(H3,27,29,34). The zero-order valence-corrected chi connectivity index (χ0v) is 21.6. The number of anilines is 1. The lowest BCUT2D eigenvalue weighted by atomic mass is 9.74. The van der Waals surface area contributed by atoms with E-state index in [9.17, 15) is 14.4 Å². The van der Waals surface area contributed by atoms with Crippen LogP contribution in [0.15, 0.2) is 30.5 Å². The van der Waals surface area contributed by atoms with Crippen LogP contribution in [0, 0.1) is 5.41 Å². The van der Waals surface area contributed by atoms with Gasteiger partial charge in [-0.1, -0.05) is 6.07 Å². The molecule has 0 radical (unpaired) electrons. The number of piperidine rings is 2. The van der Waals surface area contributed by atoms with Crippen LogP contribution in [0.4, 0.5) is 9.80 Å². The van der Waals surface area contributed by atoms with Crippen LogP contribution in [0.5, 0.6) is 0 Å². The lowest BCUT2D eigenvalue weighted by Crippen LogP contribution is -2.53. The third kappa shape index (κ3) is 4.84. The number of amides is 3. The number of esters is 1. The molecule has 0 aliphatic carbocycles. The Balaban J connectivity index is 1.26. The average molecular weight is 512 g/mol. The summed E-state index contributed by atoms with van der Waals surface area (Å²) in [7, 11) is 0. The Bertz CT molecular complexity index is 1160. The van der Waals surface area contributed by atoms with Gasteiger partial charge in [-0.05, 0) is 64.3 Å². The monoisotopic (exact) mass is 511 g/mol. The first-order valence-electron chi connectivity index (χ1n) is 12.5. The first-order chi connectivity index (χ1) is 17.2. The number of nitrogens with zero attached hydrogens (tertiary/aromatic N) is 3. The molecule has 1 atom stereocenters. The van der Waals surface area contributed by atoms with Crippen LogP contribution in [-0.4, -0.2) is 70.5 Å². The van der Waals surface area contributed by atoms with Crippen LogP contribution >= 0.6 is 11.3 Å². The maximum absolute atomic E-state index is 13.5. The van der Waals surface area contributed by atoms with Crippen molar-refractivity contribution in [1.82, 2.24) is 14.8 Å². The number of rotatable bonds is 4. The van der Waals surface area contributed by atoms with E-state index in [4.69, 9.17) is 10.5 Å². The smallest absolute Gasteiger partial charge is 0.317 e. The summed E-state index contributed by atoms with van der Waals surface area (Å²) in [6.45, 7) is 6.93. The number of nitrogens with two attached hydrogens (primary N) is 1. The number of carbonyl (C=O) groups excluding carboxylic acids is 3. The molecule has 3 saturated heterocycles. The Labute approximate surface area is 215 Å². The minimum absolute atomic E-state index is 0.0551. The molecule has 3 amide bonds. The van der Waals surface area contributed by atoms with E-state index in [0.29, 0.717) is 29.7 Å². The van der Waals surface area contributed by atoms with Gasteiger partial charge in [-0.3, -0.25) is 24.8 Å². The molecule has 0 bridgehead atoms. The molecule has 3 N–H and O–H groups in total. The van der Waals surface area contributed by atoms with Gasteiger partial charge < -0.3 is 15.4 Å². The highest BCUT2D eigenvalue weighted by atomic mass is 32.1. The first-order valence-corrected chi connectivity index (χ1v) is 13.4. The number of thiophene rings is 1. The van der Waals surface area contributed by atoms with Crippen molar-refractivity contribution in [2.24, 2.45) is 11.1 Å². The second kappa shape index (κ2) is 9.48. The van der Waals surface area contributed by atoms with Crippen molar-refractivity contribution < 1.29 is 19.1 Å². The largest absolute Gasteiger partial charge is 0.459 e. The molecule has 2 aromatic heterocycles. The van der Waals surface area contributed by atoms with Crippen LogP contribution in [0.25, 0.3) is 10.6 Å². The summed E-state index contributed by atoms with van der Waals surface area (Å²) in [6, 6.07) is 6.99. The Morgan fingerprint density at radius 2 is 2.00 bits per heavy atom. The molecule has 192 valence electrons. The summed E-state index contributed by atoms with van der Waals surface area (Å²) in [5.74, 6) is -0.174. The van der Waals surface area contributed by atoms with Gasteiger partial charge in [0.05, 0.1) is 21.5 Å². The van der Waals surface area contributed by atoms with Gasteiger partial charge >= 0.3 is 12.0 Å². The molecule has 3 fully saturated rings. The Kier molecular flexibility index (Phi) is 6.50. The molecule has 5 heterocycles. The highest BCUT2D eigenvalue weighted by Crippen LogP contribution is 2.47. The zero-order valence-electron chi connectivity index (χ0n) is 20.8. The lowest BCUT2D eigenvalue weighted by molar-refractivity contribution is -0.154. The SMILES string of the molecule is CC1(C)CC2(CCCN(C3CCN(C(=O)c4cc(-c5ccccn5)sc4NC(N)=O)CC3)C2)C(=O)O1. The van der Waals surface area contributed by atoms with Crippen molar-refractivity contribution in [3.8, 4) is 10.6 Å². The molecule has 2 aromatic rings. The van der Waals surface area contributed by atoms with Crippen LogP contribution in [0.3, 0.4) is 0 Å². The van der Waals surface area contributed by atoms with Gasteiger partial charge in [-0.15, -0.1) is 11.3 Å². The molecule has 3 aliphatic heterocycles. The summed E-state index contributed by atoms with van der Waals surface area (Å²) in [5, 5.41) is 3.05. The van der Waals surface area contributed by atoms with E-state index in [0.717, 1.165) is 55.8 Å². The molecule has 0 saturated carbocycles. The minimum atomic E-state index is -0.704. The Morgan fingerprint density at radius 3 is 2.64 bits per heavy atom. The number of aromatic nitrogens is 1. The molecule has 10 heteroatoms. The van der Waals surface area contributed by atoms with Crippen molar-refractivity contribution in [2.75, 3.05) is 31.5 Å². The summed E-state index contributed by atoms with van der Waals surface area (Å²) in [5.41, 5.74) is 5.74. The van der Waals surface area contributed by atoms with Crippen molar-refractivity contribution in [3.63, 3.8) is 0 Å². The number of nitrogens with one attached hydrogen (secondary N) is 1. The maximum atomic E-state index is 13.5. The molecule has 3 aliphatic rings. The normalized spacial score (nSPS) is 24.6. The molecule has 9 nitrogen and oxygen atoms in total. The fraction of sp³-hybridized carbons (Fsp3) is 0.538. The fourth-order valence-electron chi connectivity index (χ4n) is 6.07. The molecule has 1 unspecified atom stereocenters. The van der Waals surface area contributed by atoms with Gasteiger partial charge in [-0.25, -0.2) is 4.79 Å². The van der Waals surface area contributed by atoms with Crippen molar-refractivity contribution in [1.29, 1.82) is 0 Å². The number of ether oxygens (including phenoxy) is 1. The molecule has 5 rings (SSSR count). The zero-order chi connectivity index (χ0) is 25.5. The van der Waals surface area contributed by atoms with E-state index in [1.807, 2.05) is 36.9 Å². The molecule has 36 heavy (non-hydrogen) atoms. The number of pyridine rings is 1. The van der Waals surface area contributed by atoms with Gasteiger partial charge in [-0.2, -0.15) is 0 Å². The van der Waals surface area contributed by atoms with Gasteiger partial charge in [0.2, 0.25) is 0 Å². The summed E-state index contributed by atoms with van der Waals surface area (Å²) >= 11 is 1.29. The molecular formula is C26H33N5O4S. The average Bonchev–Trinajstić information content (AvgIpc) is 3.36. The van der Waals surface area contributed by atoms with Crippen molar-refractivity contribution in [2.45, 2.75) is 57.6 Å². The molecule has 1 spiro atoms. The van der Waals surface area contributed by atoms with Crippen molar-refractivity contribution >= 4 is 34.2 Å². The highest BCUT2D eigenvalue weighted by molar-refractivity contribution is 7.20. The minimum Gasteiger partial charge on any atom is -0.459 e. The fourth-order valence-corrected chi connectivity index (χ4v) is 7.10. The Hall–Kier alpha value is -2.98. The van der Waals surface area contributed by atoms with Crippen LogP contribution in [0.1, 0.15) is 56.3 Å². The Morgan fingerprint density at radius 1 is 1.22 bits per heavy atom. The lowest BCUT2D eigenvalue weighted by Gasteiger charge is -2.44. The second-order valence-corrected chi connectivity index (χ2v) is 11.8. The number of primary amides is 1. The van der Waals surface area contributed by atoms with E-state index in [1.165, 1.54) is 11.3 Å². The van der Waals surface area contributed by atoms with Gasteiger partial charge in [0, 0.05) is 38.3 Å². The van der Waals surface area contributed by atoms with Gasteiger partial charge in [0.15, 0.2) is 0 Å². The third-order valence-electron chi connectivity index (χ3n) is 7.56. The predicted molar refractivity (Wildman–Crippen MR) is 138 cm³/mol. The maximum Gasteiger partial charge on any atom is 0.317 e. The summed E-state index contributed by atoms with van der Waals surface area (Å²) in [6.07, 6.45) is 6.01. The highest BCUT2D eigenvalue weighted by Gasteiger charge is 2.54. The van der Waals surface area contributed by atoms with E-state index >= 15 is 0 Å². The number of cyclic esters (lactones) is 1. The summed E-state index contributed by atoms with van der Waals surface area (Å²) in [4.78, 5) is 47.3. The summed E-state index contributed by atoms with van der Waals surface area (Å²) < 4.78 is 5.69. The van der Waals surface area contributed by atoms with Gasteiger partial charge in [0.1, 0.15) is 10.6 Å². The first kappa shape index (κ1) is 24.7. The number of hydrogen-bond acceptors (Lipinski definition) is 7. The van der Waals surface area contributed by atoms with Crippen LogP contribution in [0.2, 0.25) is 0 Å². The van der Waals surface area contributed by atoms with Crippen LogP contribution < -0.4 is 11.1 Å². The number of urea groups is 1. The van der Waals surface area contributed by atoms with Gasteiger partial charge in [0.25, 0.3) is 5.91 Å². The van der Waals surface area contributed by atoms with E-state index in [2.05, 4.69) is 15.2 Å². The number of carbonyl (C=O) groups is 3. The van der Waals surface area contributed by atoms with Crippen molar-refractivity contribution in [3.05, 3.63) is 36.0 Å². The quantitative estimate of drug-likeness (QED) is 0.604. The molecule has 0 aromatic carbocycles. The van der Waals surface area contributed by atoms with E-state index in [-0.39, 0.29) is 11.9 Å². The van der Waals surface area contributed by atoms with Crippen LogP contribution in [-0.2, 0) is 9.53 Å². The number of likely N-dealkylation sites (tertiary alicyclic amines) is 2. The predicted octanol–water partition coefficient (Wildman–Crippen LogP) is 3.71. The topological polar surface area (TPSA) is 118 Å². The van der Waals surface area contributed by atoms with E-state index in [1.54, 1.807) is 12.3 Å². The van der Waals surface area contributed by atoms with E-state index < -0.39 is 17.0 Å². The molecular weight excluding hydrogens is 478 g/mol.